The van der Waals surface area contributed by atoms with Gasteiger partial charge in [0.1, 0.15) is 0 Å². The van der Waals surface area contributed by atoms with Crippen LogP contribution >= 0.6 is 15.9 Å². The SMILES string of the molecule is O=C(O)Cc1cc(CBr)nc(C(F)(F)F)c1OC(F)(F)F. The van der Waals surface area contributed by atoms with Crippen LogP contribution in [0.15, 0.2) is 6.07 Å². The van der Waals surface area contributed by atoms with E-state index in [1.165, 1.54) is 0 Å². The van der Waals surface area contributed by atoms with Gasteiger partial charge in [0.05, 0.1) is 12.1 Å². The van der Waals surface area contributed by atoms with Crippen molar-refractivity contribution in [1.29, 1.82) is 0 Å². The first-order valence-corrected chi connectivity index (χ1v) is 6.19. The first kappa shape index (κ1) is 17.5. The van der Waals surface area contributed by atoms with Gasteiger partial charge in [-0.05, 0) is 6.07 Å². The van der Waals surface area contributed by atoms with Crippen molar-refractivity contribution >= 4 is 21.9 Å². The average Bonchev–Trinajstić information content (AvgIpc) is 2.27. The topological polar surface area (TPSA) is 59.4 Å². The Labute approximate surface area is 121 Å². The second kappa shape index (κ2) is 6.08. The van der Waals surface area contributed by atoms with Gasteiger partial charge in [-0.1, -0.05) is 15.9 Å². The Morgan fingerprint density at radius 2 is 1.86 bits per heavy atom. The maximum Gasteiger partial charge on any atom is 0.573 e. The monoisotopic (exact) mass is 381 g/mol. The van der Waals surface area contributed by atoms with Gasteiger partial charge in [0.2, 0.25) is 0 Å². The van der Waals surface area contributed by atoms with Crippen LogP contribution in [0.5, 0.6) is 5.75 Å². The van der Waals surface area contributed by atoms with Crippen molar-refractivity contribution in [3.8, 4) is 5.75 Å². The van der Waals surface area contributed by atoms with Crippen molar-refractivity contribution in [3.05, 3.63) is 23.0 Å². The van der Waals surface area contributed by atoms with E-state index < -0.39 is 41.9 Å². The molecule has 0 saturated heterocycles. The molecule has 0 aromatic carbocycles. The number of nitrogens with zero attached hydrogens (tertiary/aromatic N) is 1. The molecule has 0 saturated carbocycles. The molecule has 1 N–H and O–H groups in total. The number of ether oxygens (including phenoxy) is 1. The van der Waals surface area contributed by atoms with Crippen LogP contribution in [0.1, 0.15) is 17.0 Å². The lowest BCUT2D eigenvalue weighted by Gasteiger charge is -2.18. The number of carbonyl (C=O) groups is 1. The molecular weight excluding hydrogens is 376 g/mol. The van der Waals surface area contributed by atoms with E-state index in [-0.39, 0.29) is 11.0 Å². The Kier molecular flexibility index (Phi) is 5.07. The number of hydrogen-bond acceptors (Lipinski definition) is 3. The van der Waals surface area contributed by atoms with Crippen molar-refractivity contribution in [2.75, 3.05) is 0 Å². The Morgan fingerprint density at radius 1 is 1.29 bits per heavy atom. The Hall–Kier alpha value is -1.52. The van der Waals surface area contributed by atoms with Crippen LogP contribution in [-0.2, 0) is 22.7 Å². The highest BCUT2D eigenvalue weighted by Crippen LogP contribution is 2.40. The van der Waals surface area contributed by atoms with Crippen LogP contribution in [0.2, 0.25) is 0 Å². The van der Waals surface area contributed by atoms with Crippen LogP contribution < -0.4 is 4.74 Å². The Balaban J connectivity index is 3.54. The molecule has 0 bridgehead atoms. The summed E-state index contributed by atoms with van der Waals surface area (Å²) in [5, 5.41) is 8.40. The van der Waals surface area contributed by atoms with Gasteiger partial charge in [0.25, 0.3) is 0 Å². The predicted octanol–water partition coefficient (Wildman–Crippen LogP) is 3.52. The maximum absolute atomic E-state index is 12.8. The smallest absolute Gasteiger partial charge is 0.481 e. The van der Waals surface area contributed by atoms with Gasteiger partial charge < -0.3 is 9.84 Å². The molecule has 118 valence electrons. The largest absolute Gasteiger partial charge is 0.573 e. The van der Waals surface area contributed by atoms with E-state index in [4.69, 9.17) is 5.11 Å². The summed E-state index contributed by atoms with van der Waals surface area (Å²) >= 11 is 2.80. The molecule has 1 aromatic rings. The highest BCUT2D eigenvalue weighted by atomic mass is 79.9. The average molecular weight is 382 g/mol. The summed E-state index contributed by atoms with van der Waals surface area (Å²) in [5.74, 6) is -3.26. The molecule has 0 unspecified atom stereocenters. The number of aliphatic carboxylic acids is 1. The molecule has 0 aliphatic carbocycles. The zero-order chi connectivity index (χ0) is 16.4. The summed E-state index contributed by atoms with van der Waals surface area (Å²) in [7, 11) is 0. The first-order valence-electron chi connectivity index (χ1n) is 5.07. The number of alkyl halides is 7. The second-order valence-electron chi connectivity index (χ2n) is 3.70. The second-order valence-corrected chi connectivity index (χ2v) is 4.26. The lowest BCUT2D eigenvalue weighted by molar-refractivity contribution is -0.276. The molecule has 0 amide bonds. The molecule has 4 nitrogen and oxygen atoms in total. The van der Waals surface area contributed by atoms with E-state index in [9.17, 15) is 31.1 Å². The summed E-state index contributed by atoms with van der Waals surface area (Å²) in [6, 6.07) is 0.805. The quantitative estimate of drug-likeness (QED) is 0.640. The summed E-state index contributed by atoms with van der Waals surface area (Å²) in [5.41, 5.74) is -2.96. The molecule has 11 heteroatoms. The van der Waals surface area contributed by atoms with E-state index in [2.05, 4.69) is 25.7 Å². The van der Waals surface area contributed by atoms with E-state index in [1.54, 1.807) is 0 Å². The number of carboxylic acid groups (broad SMARTS) is 1. The highest BCUT2D eigenvalue weighted by Gasteiger charge is 2.42. The fourth-order valence-corrected chi connectivity index (χ4v) is 1.72. The van der Waals surface area contributed by atoms with Gasteiger partial charge in [-0.25, -0.2) is 4.98 Å². The molecular formula is C10H6BrF6NO3. The Bertz CT molecular complexity index is 543. The van der Waals surface area contributed by atoms with E-state index in [0.717, 1.165) is 6.07 Å². The van der Waals surface area contributed by atoms with Gasteiger partial charge in [0, 0.05) is 10.9 Å². The van der Waals surface area contributed by atoms with Gasteiger partial charge in [-0.15, -0.1) is 13.2 Å². The molecule has 0 fully saturated rings. The van der Waals surface area contributed by atoms with Gasteiger partial charge in [-0.3, -0.25) is 4.79 Å². The van der Waals surface area contributed by atoms with Gasteiger partial charge in [-0.2, -0.15) is 13.2 Å². The van der Waals surface area contributed by atoms with Crippen LogP contribution in [0.3, 0.4) is 0 Å². The maximum atomic E-state index is 12.8. The Morgan fingerprint density at radius 3 is 2.24 bits per heavy atom. The van der Waals surface area contributed by atoms with Crippen molar-refractivity contribution in [2.24, 2.45) is 0 Å². The normalized spacial score (nSPS) is 12.3. The molecule has 0 radical (unpaired) electrons. The third kappa shape index (κ3) is 5.06. The van der Waals surface area contributed by atoms with Crippen molar-refractivity contribution in [3.63, 3.8) is 0 Å². The summed E-state index contributed by atoms with van der Waals surface area (Å²) < 4.78 is 78.4. The van der Waals surface area contributed by atoms with E-state index in [1.807, 2.05) is 0 Å². The number of hydrogen-bond donors (Lipinski definition) is 1. The lowest BCUT2D eigenvalue weighted by atomic mass is 10.1. The van der Waals surface area contributed by atoms with Crippen LogP contribution in [0.4, 0.5) is 26.3 Å². The van der Waals surface area contributed by atoms with E-state index in [0.29, 0.717) is 0 Å². The lowest BCUT2D eigenvalue weighted by Crippen LogP contribution is -2.23. The minimum absolute atomic E-state index is 0.199. The fraction of sp³-hybridized carbons (Fsp3) is 0.400. The van der Waals surface area contributed by atoms with Crippen LogP contribution in [0, 0.1) is 0 Å². The first-order chi connectivity index (χ1) is 9.44. The van der Waals surface area contributed by atoms with Gasteiger partial charge >= 0.3 is 18.5 Å². The minimum atomic E-state index is -5.41. The highest BCUT2D eigenvalue weighted by molar-refractivity contribution is 9.08. The van der Waals surface area contributed by atoms with Gasteiger partial charge in [0.15, 0.2) is 11.4 Å². The molecule has 1 heterocycles. The van der Waals surface area contributed by atoms with E-state index >= 15 is 0 Å². The minimum Gasteiger partial charge on any atom is -0.481 e. The number of aromatic nitrogens is 1. The molecule has 0 aliphatic rings. The van der Waals surface area contributed by atoms with Crippen LogP contribution in [-0.4, -0.2) is 22.4 Å². The number of pyridine rings is 1. The third-order valence-corrected chi connectivity index (χ3v) is 2.64. The van der Waals surface area contributed by atoms with Crippen LogP contribution in [0.25, 0.3) is 0 Å². The van der Waals surface area contributed by atoms with Crippen molar-refractivity contribution in [1.82, 2.24) is 4.98 Å². The molecule has 0 aliphatic heterocycles. The molecule has 21 heavy (non-hydrogen) atoms. The molecule has 0 atom stereocenters. The third-order valence-electron chi connectivity index (χ3n) is 2.07. The number of halogens is 7. The summed E-state index contributed by atoms with van der Waals surface area (Å²) in [6.07, 6.45) is -11.7. The molecule has 0 spiro atoms. The molecule has 1 rings (SSSR count). The number of rotatable bonds is 4. The fourth-order valence-electron chi connectivity index (χ4n) is 1.43. The zero-order valence-electron chi connectivity index (χ0n) is 9.85. The summed E-state index contributed by atoms with van der Waals surface area (Å²) in [4.78, 5) is 13.6. The number of carboxylic acids is 1. The molecule has 1 aromatic heterocycles. The van der Waals surface area contributed by atoms with Crippen molar-refractivity contribution < 1.29 is 41.0 Å². The standard InChI is InChI=1S/C10H6BrF6NO3/c11-3-5-1-4(2-6(19)20)7(21-10(15,16)17)8(18-5)9(12,13)14/h1H,2-3H2,(H,19,20). The predicted molar refractivity (Wildman–Crippen MR) is 59.9 cm³/mol. The zero-order valence-corrected chi connectivity index (χ0v) is 11.4. The summed E-state index contributed by atoms with van der Waals surface area (Å²) in [6.45, 7) is 0. The van der Waals surface area contributed by atoms with Crippen molar-refractivity contribution in [2.45, 2.75) is 24.3 Å².